The minimum atomic E-state index is 0.463. The number of hydrogen-bond acceptors (Lipinski definition) is 3. The van der Waals surface area contributed by atoms with Gasteiger partial charge in [-0.05, 0) is 49.1 Å². The number of halogens is 1. The first-order valence-electron chi connectivity index (χ1n) is 5.56. The van der Waals surface area contributed by atoms with Crippen LogP contribution in [0.25, 0.3) is 0 Å². The standard InChI is InChI=1S/C14H14ClNOS/c1-10-7-11(9-15)8-14(16-10)17-12-3-5-13(18-2)6-4-12/h3-8H,9H2,1-2H3. The van der Waals surface area contributed by atoms with Gasteiger partial charge in [-0.15, -0.1) is 23.4 Å². The number of pyridine rings is 1. The number of rotatable bonds is 4. The first kappa shape index (κ1) is 13.2. The lowest BCUT2D eigenvalue weighted by atomic mass is 10.2. The van der Waals surface area contributed by atoms with Crippen LogP contribution in [0, 0.1) is 6.92 Å². The van der Waals surface area contributed by atoms with Gasteiger partial charge in [-0.2, -0.15) is 0 Å². The van der Waals surface area contributed by atoms with Gasteiger partial charge in [0.05, 0.1) is 0 Å². The van der Waals surface area contributed by atoms with Gasteiger partial charge in [0.15, 0.2) is 0 Å². The van der Waals surface area contributed by atoms with Crippen molar-refractivity contribution in [1.82, 2.24) is 4.98 Å². The normalized spacial score (nSPS) is 10.4. The lowest BCUT2D eigenvalue weighted by molar-refractivity contribution is 0.461. The Bertz CT molecular complexity index is 528. The molecule has 0 saturated carbocycles. The van der Waals surface area contributed by atoms with Crippen LogP contribution >= 0.6 is 23.4 Å². The molecule has 94 valence electrons. The molecular weight excluding hydrogens is 266 g/mol. The maximum absolute atomic E-state index is 5.83. The van der Waals surface area contributed by atoms with Gasteiger partial charge in [0, 0.05) is 22.5 Å². The van der Waals surface area contributed by atoms with E-state index in [9.17, 15) is 0 Å². The molecule has 1 aromatic carbocycles. The molecule has 0 fully saturated rings. The second kappa shape index (κ2) is 6.12. The minimum Gasteiger partial charge on any atom is -0.439 e. The molecule has 4 heteroatoms. The number of aryl methyl sites for hydroxylation is 1. The SMILES string of the molecule is CSc1ccc(Oc2cc(CCl)cc(C)n2)cc1. The number of alkyl halides is 1. The second-order valence-corrected chi connectivity index (χ2v) is 5.01. The summed E-state index contributed by atoms with van der Waals surface area (Å²) in [5.41, 5.74) is 1.92. The van der Waals surface area contributed by atoms with Crippen molar-refractivity contribution in [2.24, 2.45) is 0 Å². The number of benzene rings is 1. The van der Waals surface area contributed by atoms with Crippen LogP contribution in [0.2, 0.25) is 0 Å². The molecule has 0 radical (unpaired) electrons. The van der Waals surface area contributed by atoms with E-state index < -0.39 is 0 Å². The van der Waals surface area contributed by atoms with Crippen molar-refractivity contribution in [2.75, 3.05) is 6.26 Å². The molecule has 0 amide bonds. The first-order valence-corrected chi connectivity index (χ1v) is 7.32. The largest absolute Gasteiger partial charge is 0.439 e. The van der Waals surface area contributed by atoms with Gasteiger partial charge in [-0.25, -0.2) is 4.98 Å². The molecule has 0 aliphatic rings. The summed E-state index contributed by atoms with van der Waals surface area (Å²) in [6.07, 6.45) is 2.05. The number of thioether (sulfide) groups is 1. The summed E-state index contributed by atoms with van der Waals surface area (Å²) < 4.78 is 5.72. The van der Waals surface area contributed by atoms with E-state index in [1.165, 1.54) is 4.90 Å². The highest BCUT2D eigenvalue weighted by Crippen LogP contribution is 2.24. The fourth-order valence-electron chi connectivity index (χ4n) is 1.60. The Morgan fingerprint density at radius 3 is 2.56 bits per heavy atom. The number of aromatic nitrogens is 1. The lowest BCUT2D eigenvalue weighted by Crippen LogP contribution is -1.92. The van der Waals surface area contributed by atoms with Crippen LogP contribution in [0.15, 0.2) is 41.3 Å². The summed E-state index contributed by atoms with van der Waals surface area (Å²) in [7, 11) is 0. The van der Waals surface area contributed by atoms with Gasteiger partial charge in [-0.1, -0.05) is 0 Å². The summed E-state index contributed by atoms with van der Waals surface area (Å²) in [4.78, 5) is 5.54. The topological polar surface area (TPSA) is 22.1 Å². The third kappa shape index (κ3) is 3.40. The van der Waals surface area contributed by atoms with Crippen LogP contribution in [-0.4, -0.2) is 11.2 Å². The predicted molar refractivity (Wildman–Crippen MR) is 76.8 cm³/mol. The Balaban J connectivity index is 2.19. The van der Waals surface area contributed by atoms with Crippen LogP contribution in [0.5, 0.6) is 11.6 Å². The average molecular weight is 280 g/mol. The molecule has 0 saturated heterocycles. The molecule has 1 aromatic heterocycles. The molecule has 0 atom stereocenters. The van der Waals surface area contributed by atoms with Crippen molar-refractivity contribution in [3.8, 4) is 11.6 Å². The van der Waals surface area contributed by atoms with Gasteiger partial charge in [0.25, 0.3) is 0 Å². The third-order valence-corrected chi connectivity index (χ3v) is 3.48. The predicted octanol–water partition coefficient (Wildman–Crippen LogP) is 4.64. The van der Waals surface area contributed by atoms with E-state index in [2.05, 4.69) is 4.98 Å². The molecule has 1 heterocycles. The Kier molecular flexibility index (Phi) is 4.50. The molecule has 2 nitrogen and oxygen atoms in total. The monoisotopic (exact) mass is 279 g/mol. The smallest absolute Gasteiger partial charge is 0.219 e. The number of ether oxygens (including phenoxy) is 1. The van der Waals surface area contributed by atoms with E-state index in [1.807, 2.05) is 49.6 Å². The van der Waals surface area contributed by atoms with Gasteiger partial charge in [-0.3, -0.25) is 0 Å². The molecule has 2 aromatic rings. The quantitative estimate of drug-likeness (QED) is 0.601. The molecule has 0 spiro atoms. The third-order valence-electron chi connectivity index (χ3n) is 2.43. The fourth-order valence-corrected chi connectivity index (χ4v) is 2.16. The Hall–Kier alpha value is -1.19. The molecule has 0 unspecified atom stereocenters. The molecule has 0 aliphatic carbocycles. The highest BCUT2D eigenvalue weighted by molar-refractivity contribution is 7.98. The summed E-state index contributed by atoms with van der Waals surface area (Å²) in [6, 6.07) is 11.8. The van der Waals surface area contributed by atoms with E-state index >= 15 is 0 Å². The van der Waals surface area contributed by atoms with Crippen LogP contribution in [-0.2, 0) is 5.88 Å². The Morgan fingerprint density at radius 2 is 1.94 bits per heavy atom. The highest BCUT2D eigenvalue weighted by Gasteiger charge is 2.02. The van der Waals surface area contributed by atoms with Crippen molar-refractivity contribution in [3.63, 3.8) is 0 Å². The fraction of sp³-hybridized carbons (Fsp3) is 0.214. The van der Waals surface area contributed by atoms with Gasteiger partial charge in [0.1, 0.15) is 5.75 Å². The van der Waals surface area contributed by atoms with Crippen molar-refractivity contribution in [3.05, 3.63) is 47.7 Å². The molecule has 2 rings (SSSR count). The number of hydrogen-bond donors (Lipinski definition) is 0. The number of nitrogens with zero attached hydrogens (tertiary/aromatic N) is 1. The van der Waals surface area contributed by atoms with E-state index in [-0.39, 0.29) is 0 Å². The van der Waals surface area contributed by atoms with Crippen LogP contribution < -0.4 is 4.74 Å². The molecule has 0 bridgehead atoms. The zero-order valence-electron chi connectivity index (χ0n) is 10.3. The maximum atomic E-state index is 5.83. The first-order chi connectivity index (χ1) is 8.71. The molecule has 0 aliphatic heterocycles. The van der Waals surface area contributed by atoms with Gasteiger partial charge < -0.3 is 4.74 Å². The van der Waals surface area contributed by atoms with E-state index in [0.29, 0.717) is 11.8 Å². The zero-order chi connectivity index (χ0) is 13.0. The Morgan fingerprint density at radius 1 is 1.22 bits per heavy atom. The summed E-state index contributed by atoms with van der Waals surface area (Å²) >= 11 is 7.53. The molecular formula is C14H14ClNOS. The summed E-state index contributed by atoms with van der Waals surface area (Å²) in [6.45, 7) is 1.93. The van der Waals surface area contributed by atoms with Crippen LogP contribution in [0.3, 0.4) is 0 Å². The zero-order valence-corrected chi connectivity index (χ0v) is 11.9. The minimum absolute atomic E-state index is 0.463. The molecule has 18 heavy (non-hydrogen) atoms. The van der Waals surface area contributed by atoms with Crippen molar-refractivity contribution in [1.29, 1.82) is 0 Å². The maximum Gasteiger partial charge on any atom is 0.219 e. The van der Waals surface area contributed by atoms with Crippen LogP contribution in [0.4, 0.5) is 0 Å². The second-order valence-electron chi connectivity index (χ2n) is 3.87. The highest BCUT2D eigenvalue weighted by atomic mass is 35.5. The average Bonchev–Trinajstić information content (AvgIpc) is 2.39. The van der Waals surface area contributed by atoms with Gasteiger partial charge >= 0.3 is 0 Å². The van der Waals surface area contributed by atoms with Crippen molar-refractivity contribution in [2.45, 2.75) is 17.7 Å². The van der Waals surface area contributed by atoms with E-state index in [0.717, 1.165) is 17.0 Å². The van der Waals surface area contributed by atoms with E-state index in [4.69, 9.17) is 16.3 Å². The van der Waals surface area contributed by atoms with Crippen LogP contribution in [0.1, 0.15) is 11.3 Å². The Labute approximate surface area is 116 Å². The van der Waals surface area contributed by atoms with Crippen molar-refractivity contribution < 1.29 is 4.74 Å². The summed E-state index contributed by atoms with van der Waals surface area (Å²) in [5.74, 6) is 1.83. The van der Waals surface area contributed by atoms with E-state index in [1.54, 1.807) is 11.8 Å². The lowest BCUT2D eigenvalue weighted by Gasteiger charge is -2.07. The summed E-state index contributed by atoms with van der Waals surface area (Å²) in [5, 5.41) is 0. The van der Waals surface area contributed by atoms with Gasteiger partial charge in [0.2, 0.25) is 5.88 Å². The molecule has 0 N–H and O–H groups in total. The van der Waals surface area contributed by atoms with Crippen molar-refractivity contribution >= 4 is 23.4 Å².